The van der Waals surface area contributed by atoms with Gasteiger partial charge in [0.15, 0.2) is 0 Å². The van der Waals surface area contributed by atoms with E-state index in [4.69, 9.17) is 0 Å². The monoisotopic (exact) mass is 272 g/mol. The van der Waals surface area contributed by atoms with Gasteiger partial charge in [0.2, 0.25) is 0 Å². The number of anilines is 1. The molecule has 0 bridgehead atoms. The zero-order valence-corrected chi connectivity index (χ0v) is 11.5. The van der Waals surface area contributed by atoms with E-state index in [9.17, 15) is 13.2 Å². The minimum Gasteiger partial charge on any atom is -0.370 e. The minimum absolute atomic E-state index is 0.277. The lowest BCUT2D eigenvalue weighted by molar-refractivity contribution is -0.138. The van der Waals surface area contributed by atoms with Gasteiger partial charge in [0.1, 0.15) is 0 Å². The molecule has 19 heavy (non-hydrogen) atoms. The lowest BCUT2D eigenvalue weighted by Gasteiger charge is -2.23. The highest BCUT2D eigenvalue weighted by atomic mass is 19.4. The fourth-order valence-corrected chi connectivity index (χ4v) is 2.51. The molecule has 0 amide bonds. The minimum atomic E-state index is -4.28. The van der Waals surface area contributed by atoms with Crippen molar-refractivity contribution in [3.63, 3.8) is 0 Å². The summed E-state index contributed by atoms with van der Waals surface area (Å²) in [6, 6.07) is 5.02. The second kappa shape index (κ2) is 5.04. The molecule has 1 unspecified atom stereocenters. The number of alkyl halides is 3. The zero-order valence-electron chi connectivity index (χ0n) is 11.5. The van der Waals surface area contributed by atoms with Gasteiger partial charge in [-0.05, 0) is 45.1 Å². The lowest BCUT2D eigenvalue weighted by atomic mass is 10.1. The van der Waals surface area contributed by atoms with E-state index in [2.05, 4.69) is 4.90 Å². The largest absolute Gasteiger partial charge is 0.416 e. The molecular formula is C14H19F3N2. The molecule has 2 rings (SSSR count). The zero-order chi connectivity index (χ0) is 14.2. The van der Waals surface area contributed by atoms with Crippen LogP contribution in [0.4, 0.5) is 18.9 Å². The Morgan fingerprint density at radius 1 is 1.26 bits per heavy atom. The Labute approximate surface area is 111 Å². The van der Waals surface area contributed by atoms with Crippen molar-refractivity contribution in [1.29, 1.82) is 0 Å². The third-order valence-electron chi connectivity index (χ3n) is 3.79. The van der Waals surface area contributed by atoms with Crippen molar-refractivity contribution < 1.29 is 13.2 Å². The van der Waals surface area contributed by atoms with Crippen molar-refractivity contribution in [2.24, 2.45) is 0 Å². The summed E-state index contributed by atoms with van der Waals surface area (Å²) >= 11 is 0. The van der Waals surface area contributed by atoms with Crippen molar-refractivity contribution >= 4 is 5.69 Å². The van der Waals surface area contributed by atoms with E-state index >= 15 is 0 Å². The van der Waals surface area contributed by atoms with Gasteiger partial charge in [-0.15, -0.1) is 0 Å². The highest BCUT2D eigenvalue weighted by molar-refractivity contribution is 5.52. The molecule has 1 saturated heterocycles. The number of aryl methyl sites for hydroxylation is 1. The second-order valence-electron chi connectivity index (χ2n) is 5.35. The van der Waals surface area contributed by atoms with Crippen molar-refractivity contribution in [2.45, 2.75) is 25.6 Å². The Bertz CT molecular complexity index is 454. The van der Waals surface area contributed by atoms with Gasteiger partial charge in [-0.1, -0.05) is 6.07 Å². The molecule has 1 fully saturated rings. The van der Waals surface area contributed by atoms with E-state index in [1.54, 1.807) is 12.1 Å². The molecule has 1 aliphatic rings. The number of hydrogen-bond donors (Lipinski definition) is 0. The molecule has 0 radical (unpaired) electrons. The van der Waals surface area contributed by atoms with Gasteiger partial charge in [0.05, 0.1) is 5.56 Å². The SMILES string of the molecule is Cc1ccc(N2CCC(N(C)C)C2)cc1C(F)(F)F. The van der Waals surface area contributed by atoms with E-state index in [-0.39, 0.29) is 5.56 Å². The molecule has 1 aromatic carbocycles. The molecule has 1 aromatic rings. The van der Waals surface area contributed by atoms with Crippen LogP contribution < -0.4 is 4.90 Å². The fourth-order valence-electron chi connectivity index (χ4n) is 2.51. The average Bonchev–Trinajstić information content (AvgIpc) is 2.77. The summed E-state index contributed by atoms with van der Waals surface area (Å²) in [5, 5.41) is 0. The third-order valence-corrected chi connectivity index (χ3v) is 3.79. The van der Waals surface area contributed by atoms with Crippen LogP contribution in [0.1, 0.15) is 17.5 Å². The molecule has 1 heterocycles. The van der Waals surface area contributed by atoms with Crippen LogP contribution in [0.15, 0.2) is 18.2 Å². The standard InChI is InChI=1S/C14H19F3N2/c1-10-4-5-11(8-13(10)14(15,16)17)19-7-6-12(9-19)18(2)3/h4-5,8,12H,6-7,9H2,1-3H3. The molecule has 0 N–H and O–H groups in total. The van der Waals surface area contributed by atoms with Crippen molar-refractivity contribution in [1.82, 2.24) is 4.90 Å². The first-order valence-corrected chi connectivity index (χ1v) is 6.38. The summed E-state index contributed by atoms with van der Waals surface area (Å²) in [6.45, 7) is 3.09. The highest BCUT2D eigenvalue weighted by Gasteiger charge is 2.33. The van der Waals surface area contributed by atoms with Gasteiger partial charge >= 0.3 is 6.18 Å². The first kappa shape index (κ1) is 14.2. The van der Waals surface area contributed by atoms with Crippen LogP contribution in [0.5, 0.6) is 0 Å². The topological polar surface area (TPSA) is 6.48 Å². The molecule has 1 aliphatic heterocycles. The highest BCUT2D eigenvalue weighted by Crippen LogP contribution is 2.35. The predicted octanol–water partition coefficient (Wildman–Crippen LogP) is 3.15. The summed E-state index contributed by atoms with van der Waals surface area (Å²) in [5.74, 6) is 0. The average molecular weight is 272 g/mol. The lowest BCUT2D eigenvalue weighted by Crippen LogP contribution is -2.31. The summed E-state index contributed by atoms with van der Waals surface area (Å²) in [5.41, 5.74) is 0.417. The maximum absolute atomic E-state index is 12.9. The molecule has 0 spiro atoms. The third kappa shape index (κ3) is 3.03. The van der Waals surface area contributed by atoms with Crippen molar-refractivity contribution in [2.75, 3.05) is 32.1 Å². The molecule has 5 heteroatoms. The molecular weight excluding hydrogens is 253 g/mol. The summed E-state index contributed by atoms with van der Waals surface area (Å²) in [6.07, 6.45) is -3.29. The first-order chi connectivity index (χ1) is 8.79. The van der Waals surface area contributed by atoms with Gasteiger partial charge in [-0.2, -0.15) is 13.2 Å². The smallest absolute Gasteiger partial charge is 0.370 e. The molecule has 1 atom stereocenters. The van der Waals surface area contributed by atoms with Gasteiger partial charge in [-0.25, -0.2) is 0 Å². The van der Waals surface area contributed by atoms with Crippen LogP contribution in [-0.4, -0.2) is 38.1 Å². The maximum Gasteiger partial charge on any atom is 0.416 e. The van der Waals surface area contributed by atoms with Gasteiger partial charge in [0.25, 0.3) is 0 Å². The van der Waals surface area contributed by atoms with Gasteiger partial charge in [0, 0.05) is 24.8 Å². The van der Waals surface area contributed by atoms with E-state index in [1.165, 1.54) is 13.0 Å². The van der Waals surface area contributed by atoms with Crippen LogP contribution >= 0.6 is 0 Å². The molecule has 0 aliphatic carbocycles. The maximum atomic E-state index is 12.9. The molecule has 106 valence electrons. The number of likely N-dealkylation sites (N-methyl/N-ethyl adjacent to an activating group) is 1. The van der Waals surface area contributed by atoms with Gasteiger partial charge < -0.3 is 9.80 Å². The molecule has 0 saturated carbocycles. The van der Waals surface area contributed by atoms with Crippen molar-refractivity contribution in [3.8, 4) is 0 Å². The number of halogens is 3. The van der Waals surface area contributed by atoms with Crippen LogP contribution in [0.3, 0.4) is 0 Å². The summed E-state index contributed by atoms with van der Waals surface area (Å²) in [4.78, 5) is 4.15. The number of benzene rings is 1. The van der Waals surface area contributed by atoms with E-state index in [1.807, 2.05) is 19.0 Å². The van der Waals surface area contributed by atoms with Crippen molar-refractivity contribution in [3.05, 3.63) is 29.3 Å². The van der Waals surface area contributed by atoms with Crippen LogP contribution in [0.2, 0.25) is 0 Å². The Kier molecular flexibility index (Phi) is 3.76. The van der Waals surface area contributed by atoms with E-state index < -0.39 is 11.7 Å². The van der Waals surface area contributed by atoms with E-state index in [0.717, 1.165) is 19.5 Å². The normalized spacial score (nSPS) is 20.4. The number of hydrogen-bond acceptors (Lipinski definition) is 2. The summed E-state index contributed by atoms with van der Waals surface area (Å²) < 4.78 is 38.7. The Morgan fingerprint density at radius 3 is 2.47 bits per heavy atom. The number of nitrogens with zero attached hydrogens (tertiary/aromatic N) is 2. The Balaban J connectivity index is 2.23. The molecule has 0 aromatic heterocycles. The molecule has 2 nitrogen and oxygen atoms in total. The van der Waals surface area contributed by atoms with Gasteiger partial charge in [-0.3, -0.25) is 0 Å². The van der Waals surface area contributed by atoms with Crippen LogP contribution in [-0.2, 0) is 6.18 Å². The Morgan fingerprint density at radius 2 is 1.95 bits per heavy atom. The Hall–Kier alpha value is -1.23. The fraction of sp³-hybridized carbons (Fsp3) is 0.571. The second-order valence-corrected chi connectivity index (χ2v) is 5.35. The number of rotatable bonds is 2. The van der Waals surface area contributed by atoms with Crippen LogP contribution in [0.25, 0.3) is 0 Å². The first-order valence-electron chi connectivity index (χ1n) is 6.38. The summed E-state index contributed by atoms with van der Waals surface area (Å²) in [7, 11) is 4.01. The predicted molar refractivity (Wildman–Crippen MR) is 70.5 cm³/mol. The van der Waals surface area contributed by atoms with E-state index in [0.29, 0.717) is 11.7 Å². The quantitative estimate of drug-likeness (QED) is 0.816. The van der Waals surface area contributed by atoms with Crippen LogP contribution in [0, 0.1) is 6.92 Å².